The molecule has 29 heavy (non-hydrogen) atoms. The zero-order valence-corrected chi connectivity index (χ0v) is 19.3. The number of ketones is 1. The summed E-state index contributed by atoms with van der Waals surface area (Å²) in [6.07, 6.45) is 8.86. The Morgan fingerprint density at radius 2 is 1.90 bits per heavy atom. The molecule has 1 aliphatic heterocycles. The molecule has 160 valence electrons. The molecule has 1 heterocycles. The van der Waals surface area contributed by atoms with Gasteiger partial charge in [-0.1, -0.05) is 69.6 Å². The average Bonchev–Trinajstić information content (AvgIpc) is 3.19. The fourth-order valence-electron chi connectivity index (χ4n) is 4.48. The second kappa shape index (κ2) is 11.6. The molecule has 3 rings (SSSR count). The number of piperazine rings is 1. The van der Waals surface area contributed by atoms with Gasteiger partial charge in [0, 0.05) is 36.3 Å². The van der Waals surface area contributed by atoms with Crippen LogP contribution in [0.3, 0.4) is 0 Å². The summed E-state index contributed by atoms with van der Waals surface area (Å²) in [7, 11) is 0. The lowest BCUT2D eigenvalue weighted by Gasteiger charge is -2.47. The predicted octanol–water partition coefficient (Wildman–Crippen LogP) is 6.23. The first kappa shape index (κ1) is 23.7. The first-order valence-corrected chi connectivity index (χ1v) is 11.5. The van der Waals surface area contributed by atoms with Crippen molar-refractivity contribution in [1.29, 1.82) is 0 Å². The van der Waals surface area contributed by atoms with Crippen molar-refractivity contribution >= 4 is 17.4 Å². The molecule has 1 saturated carbocycles. The van der Waals surface area contributed by atoms with E-state index in [4.69, 9.17) is 11.6 Å². The highest BCUT2D eigenvalue weighted by atomic mass is 35.5. The highest BCUT2D eigenvalue weighted by Crippen LogP contribution is 2.37. The Kier molecular flexibility index (Phi) is 9.45. The molecule has 2 atom stereocenters. The maximum Gasteiger partial charge on any atom is 0.175 e. The second-order valence-corrected chi connectivity index (χ2v) is 8.35. The summed E-state index contributed by atoms with van der Waals surface area (Å²) in [6, 6.07) is 8.95. The number of halogens is 1. The van der Waals surface area contributed by atoms with Crippen molar-refractivity contribution in [3.63, 3.8) is 0 Å². The van der Waals surface area contributed by atoms with E-state index in [-0.39, 0.29) is 5.78 Å². The highest BCUT2D eigenvalue weighted by Gasteiger charge is 2.42. The molecule has 1 aromatic carbocycles. The van der Waals surface area contributed by atoms with Crippen LogP contribution < -0.4 is 0 Å². The molecule has 1 saturated heterocycles. The Morgan fingerprint density at radius 1 is 1.21 bits per heavy atom. The topological polar surface area (TPSA) is 23.6 Å². The first-order chi connectivity index (χ1) is 13.9. The molecule has 4 heteroatoms. The molecule has 3 nitrogen and oxygen atoms in total. The number of unbranched alkanes of at least 4 members (excludes halogenated alkanes) is 1. The normalized spacial score (nSPS) is 22.2. The number of Topliss-reactive ketones (excluding diaryl/α,β-unsaturated/α-hetero) is 1. The van der Waals surface area contributed by atoms with Gasteiger partial charge in [-0.25, -0.2) is 0 Å². The fraction of sp³-hybridized carbons (Fsp3) is 0.560. The first-order valence-electron chi connectivity index (χ1n) is 11.1. The number of carbonyl (C=O) groups is 1. The van der Waals surface area contributed by atoms with Gasteiger partial charge in [0.25, 0.3) is 0 Å². The molecule has 1 aromatic rings. The minimum Gasteiger partial charge on any atom is -0.337 e. The third-order valence-corrected chi connectivity index (χ3v) is 6.33. The van der Waals surface area contributed by atoms with Gasteiger partial charge in [-0.2, -0.15) is 0 Å². The zero-order valence-electron chi connectivity index (χ0n) is 18.6. The predicted molar refractivity (Wildman–Crippen MR) is 124 cm³/mol. The highest BCUT2D eigenvalue weighted by molar-refractivity contribution is 6.31. The molecule has 2 fully saturated rings. The lowest BCUT2D eigenvalue weighted by molar-refractivity contribution is -0.115. The molecule has 1 aliphatic carbocycles. The molecular formula is C25H37ClN2O. The smallest absolute Gasteiger partial charge is 0.175 e. The van der Waals surface area contributed by atoms with Crippen molar-refractivity contribution in [2.45, 2.75) is 78.3 Å². The number of rotatable bonds is 6. The fourth-order valence-corrected chi connectivity index (χ4v) is 4.75. The van der Waals surface area contributed by atoms with Gasteiger partial charge in [0.1, 0.15) is 0 Å². The molecule has 0 N–H and O–H groups in total. The van der Waals surface area contributed by atoms with Gasteiger partial charge >= 0.3 is 0 Å². The van der Waals surface area contributed by atoms with E-state index >= 15 is 0 Å². The maximum absolute atomic E-state index is 12.1. The number of allylic oxidation sites excluding steroid dienone is 2. The summed E-state index contributed by atoms with van der Waals surface area (Å²) in [4.78, 5) is 16.9. The summed E-state index contributed by atoms with van der Waals surface area (Å²) in [5.74, 6) is 0.176. The average molecular weight is 417 g/mol. The Balaban J connectivity index is 0.000000278. The third kappa shape index (κ3) is 5.96. The molecule has 0 radical (unpaired) electrons. The van der Waals surface area contributed by atoms with Crippen molar-refractivity contribution in [2.75, 3.05) is 13.1 Å². The number of aryl methyl sites for hydroxylation is 1. The van der Waals surface area contributed by atoms with Gasteiger partial charge in [0.2, 0.25) is 0 Å². The van der Waals surface area contributed by atoms with Gasteiger partial charge in [0.15, 0.2) is 5.78 Å². The van der Waals surface area contributed by atoms with Gasteiger partial charge in [-0.15, -0.1) is 0 Å². The molecule has 2 aliphatic rings. The van der Waals surface area contributed by atoms with Crippen molar-refractivity contribution < 1.29 is 4.79 Å². The number of nitrogens with zero attached hydrogens (tertiary/aromatic N) is 2. The number of likely N-dealkylation sites (N-methyl/N-ethyl adjacent to an activating group) is 1. The summed E-state index contributed by atoms with van der Waals surface area (Å²) in [5.41, 5.74) is 3.19. The van der Waals surface area contributed by atoms with Crippen LogP contribution in [0.15, 0.2) is 48.3 Å². The van der Waals surface area contributed by atoms with E-state index in [2.05, 4.69) is 43.2 Å². The number of carbonyl (C=O) groups excluding carboxylic acids is 1. The van der Waals surface area contributed by atoms with Crippen molar-refractivity contribution in [3.8, 4) is 0 Å². The molecule has 0 aromatic heterocycles. The number of hydrogen-bond acceptors (Lipinski definition) is 3. The molecule has 0 spiro atoms. The summed E-state index contributed by atoms with van der Waals surface area (Å²) < 4.78 is 0. The van der Waals surface area contributed by atoms with Gasteiger partial charge in [-0.05, 0) is 50.3 Å². The molecular weight excluding hydrogens is 380 g/mol. The van der Waals surface area contributed by atoms with Crippen LogP contribution in [0.25, 0.3) is 0 Å². The van der Waals surface area contributed by atoms with Crippen LogP contribution in [-0.4, -0.2) is 40.8 Å². The standard InChI is InChI=1S/C17H28N2O.C8H9Cl/c1-5-7-9-15(14(4)20)19-13(3)12-18(6-2)16-10-8-11-17(16)19;1-2-7-5-3-4-6-8(7)9/h9,16-17H,3,5-8,10-12H2,1-2,4H3;3-6H,2H2,1H3/b15-9-;. The van der Waals surface area contributed by atoms with Crippen LogP contribution in [0.4, 0.5) is 0 Å². The summed E-state index contributed by atoms with van der Waals surface area (Å²) in [6.45, 7) is 14.4. The third-order valence-electron chi connectivity index (χ3n) is 5.96. The van der Waals surface area contributed by atoms with E-state index < -0.39 is 0 Å². The van der Waals surface area contributed by atoms with E-state index in [0.717, 1.165) is 48.8 Å². The van der Waals surface area contributed by atoms with Crippen LogP contribution in [0.2, 0.25) is 5.02 Å². The van der Waals surface area contributed by atoms with Gasteiger partial charge in [-0.3, -0.25) is 9.69 Å². The molecule has 2 unspecified atom stereocenters. The summed E-state index contributed by atoms with van der Waals surface area (Å²) >= 11 is 5.82. The van der Waals surface area contributed by atoms with Crippen LogP contribution in [0.1, 0.15) is 65.4 Å². The SMILES string of the molecule is C=C1CN(CC)C2CCCC2N1/C(=C\CCC)C(C)=O.CCc1ccccc1Cl. The summed E-state index contributed by atoms with van der Waals surface area (Å²) in [5, 5.41) is 0.875. The van der Waals surface area contributed by atoms with Crippen molar-refractivity contribution in [3.05, 3.63) is 58.9 Å². The second-order valence-electron chi connectivity index (χ2n) is 7.94. The van der Waals surface area contributed by atoms with E-state index in [0.29, 0.717) is 12.1 Å². The molecule has 0 bridgehead atoms. The number of hydrogen-bond donors (Lipinski definition) is 0. The van der Waals surface area contributed by atoms with Crippen LogP contribution in [-0.2, 0) is 11.2 Å². The number of fused-ring (bicyclic) bond motifs is 1. The van der Waals surface area contributed by atoms with E-state index in [9.17, 15) is 4.79 Å². The van der Waals surface area contributed by atoms with E-state index in [1.165, 1.54) is 24.8 Å². The number of benzene rings is 1. The Bertz CT molecular complexity index is 727. The van der Waals surface area contributed by atoms with Crippen LogP contribution in [0, 0.1) is 0 Å². The monoisotopic (exact) mass is 416 g/mol. The Hall–Kier alpha value is -1.58. The maximum atomic E-state index is 12.1. The quantitative estimate of drug-likeness (QED) is 0.513. The minimum absolute atomic E-state index is 0.176. The van der Waals surface area contributed by atoms with Crippen LogP contribution >= 0.6 is 11.6 Å². The van der Waals surface area contributed by atoms with Gasteiger partial charge < -0.3 is 4.90 Å². The largest absolute Gasteiger partial charge is 0.337 e. The van der Waals surface area contributed by atoms with E-state index in [1.807, 2.05) is 24.3 Å². The van der Waals surface area contributed by atoms with Gasteiger partial charge in [0.05, 0.1) is 5.70 Å². The zero-order chi connectivity index (χ0) is 21.4. The lowest BCUT2D eigenvalue weighted by Crippen LogP contribution is -2.55. The van der Waals surface area contributed by atoms with Crippen molar-refractivity contribution in [2.24, 2.45) is 0 Å². The van der Waals surface area contributed by atoms with Crippen LogP contribution in [0.5, 0.6) is 0 Å². The lowest BCUT2D eigenvalue weighted by atomic mass is 10.0. The van der Waals surface area contributed by atoms with E-state index in [1.54, 1.807) is 6.92 Å². The Labute approximate surface area is 182 Å². The minimum atomic E-state index is 0.176. The van der Waals surface area contributed by atoms with Crippen molar-refractivity contribution in [1.82, 2.24) is 9.80 Å². The molecule has 0 amide bonds. The Morgan fingerprint density at radius 3 is 2.45 bits per heavy atom.